The summed E-state index contributed by atoms with van der Waals surface area (Å²) in [5.74, 6) is -1.29. The van der Waals surface area contributed by atoms with Crippen LogP contribution in [0, 0.1) is 5.82 Å². The lowest BCUT2D eigenvalue weighted by molar-refractivity contribution is -0.121. The van der Waals surface area contributed by atoms with Gasteiger partial charge in [-0.1, -0.05) is 31.2 Å². The van der Waals surface area contributed by atoms with Crippen molar-refractivity contribution in [1.29, 1.82) is 0 Å². The molecule has 126 valence electrons. The summed E-state index contributed by atoms with van der Waals surface area (Å²) in [6.45, 7) is 2.42. The molecule has 2 rings (SSSR count). The molecule has 1 amide bonds. The average molecular weight is 329 g/mol. The van der Waals surface area contributed by atoms with Crippen LogP contribution in [0.1, 0.15) is 40.7 Å². The minimum atomic E-state index is -0.954. The molecular weight excluding hydrogens is 309 g/mol. The van der Waals surface area contributed by atoms with E-state index < -0.39 is 5.97 Å². The third-order valence-corrected chi connectivity index (χ3v) is 3.87. The van der Waals surface area contributed by atoms with Gasteiger partial charge in [0.25, 0.3) is 0 Å². The fourth-order valence-corrected chi connectivity index (χ4v) is 2.42. The Morgan fingerprint density at radius 3 is 2.29 bits per heavy atom. The molecular formula is C19H20FNO3. The molecule has 0 radical (unpaired) electrons. The van der Waals surface area contributed by atoms with Crippen LogP contribution in [0.15, 0.2) is 48.5 Å². The number of hydrogen-bond acceptors (Lipinski definition) is 2. The number of benzene rings is 2. The van der Waals surface area contributed by atoms with Crippen molar-refractivity contribution in [3.05, 3.63) is 71.0 Å². The first-order chi connectivity index (χ1) is 11.5. The van der Waals surface area contributed by atoms with Crippen LogP contribution < -0.4 is 5.32 Å². The molecule has 0 fully saturated rings. The molecule has 0 aliphatic carbocycles. The van der Waals surface area contributed by atoms with Crippen molar-refractivity contribution in [2.45, 2.75) is 25.7 Å². The predicted octanol–water partition coefficient (Wildman–Crippen LogP) is 3.38. The maximum Gasteiger partial charge on any atom is 0.335 e. The van der Waals surface area contributed by atoms with Crippen LogP contribution in [-0.4, -0.2) is 23.5 Å². The quantitative estimate of drug-likeness (QED) is 0.818. The molecule has 0 heterocycles. The molecule has 0 spiro atoms. The molecule has 4 nitrogen and oxygen atoms in total. The van der Waals surface area contributed by atoms with Crippen molar-refractivity contribution < 1.29 is 19.1 Å². The summed E-state index contributed by atoms with van der Waals surface area (Å²) >= 11 is 0. The summed E-state index contributed by atoms with van der Waals surface area (Å²) in [4.78, 5) is 22.7. The van der Waals surface area contributed by atoms with Crippen molar-refractivity contribution in [2.24, 2.45) is 0 Å². The summed E-state index contributed by atoms with van der Waals surface area (Å²) in [5.41, 5.74) is 2.14. The Morgan fingerprint density at radius 1 is 1.08 bits per heavy atom. The van der Waals surface area contributed by atoms with Crippen LogP contribution in [0.5, 0.6) is 0 Å². The van der Waals surface area contributed by atoms with E-state index in [0.29, 0.717) is 19.4 Å². The number of carboxylic acid groups (broad SMARTS) is 1. The van der Waals surface area contributed by atoms with E-state index in [1.54, 1.807) is 36.4 Å². The van der Waals surface area contributed by atoms with Gasteiger partial charge in [-0.05, 0) is 47.7 Å². The summed E-state index contributed by atoms with van der Waals surface area (Å²) in [6.07, 6.45) is 0.972. The highest BCUT2D eigenvalue weighted by molar-refractivity contribution is 5.87. The zero-order chi connectivity index (χ0) is 17.5. The van der Waals surface area contributed by atoms with Gasteiger partial charge in [-0.2, -0.15) is 0 Å². The molecule has 24 heavy (non-hydrogen) atoms. The van der Waals surface area contributed by atoms with Gasteiger partial charge in [0.15, 0.2) is 0 Å². The number of carbonyl (C=O) groups excluding carboxylic acids is 1. The third kappa shape index (κ3) is 5.19. The number of amides is 1. The Kier molecular flexibility index (Phi) is 6.07. The van der Waals surface area contributed by atoms with Crippen LogP contribution in [0.2, 0.25) is 0 Å². The molecule has 0 saturated heterocycles. The largest absolute Gasteiger partial charge is 0.478 e. The molecule has 0 aliphatic rings. The summed E-state index contributed by atoms with van der Waals surface area (Å²) in [6, 6.07) is 12.8. The Balaban J connectivity index is 1.76. The summed E-state index contributed by atoms with van der Waals surface area (Å²) in [5, 5.41) is 11.7. The standard InChI is InChI=1S/C19H20FNO3/c1-13(15-6-8-17(20)9-7-15)12-18(22)21-11-10-14-2-4-16(5-3-14)19(23)24/h2-9,13H,10-12H2,1H3,(H,21,22)(H,23,24). The molecule has 0 aliphatic heterocycles. The van der Waals surface area contributed by atoms with Gasteiger partial charge in [0.2, 0.25) is 5.91 Å². The molecule has 0 bridgehead atoms. The van der Waals surface area contributed by atoms with E-state index in [4.69, 9.17) is 5.11 Å². The molecule has 2 aromatic carbocycles. The van der Waals surface area contributed by atoms with Crippen LogP contribution >= 0.6 is 0 Å². The van der Waals surface area contributed by atoms with E-state index in [-0.39, 0.29) is 23.2 Å². The maximum absolute atomic E-state index is 12.9. The lowest BCUT2D eigenvalue weighted by Gasteiger charge is -2.12. The van der Waals surface area contributed by atoms with Crippen LogP contribution in [0.3, 0.4) is 0 Å². The SMILES string of the molecule is CC(CC(=O)NCCc1ccc(C(=O)O)cc1)c1ccc(F)cc1. The number of nitrogens with one attached hydrogen (secondary N) is 1. The normalized spacial score (nSPS) is 11.8. The first-order valence-electron chi connectivity index (χ1n) is 7.80. The highest BCUT2D eigenvalue weighted by Crippen LogP contribution is 2.19. The van der Waals surface area contributed by atoms with Crippen molar-refractivity contribution in [2.75, 3.05) is 6.54 Å². The lowest BCUT2D eigenvalue weighted by Crippen LogP contribution is -2.26. The van der Waals surface area contributed by atoms with Gasteiger partial charge >= 0.3 is 5.97 Å². The smallest absolute Gasteiger partial charge is 0.335 e. The van der Waals surface area contributed by atoms with Crippen LogP contribution in [0.25, 0.3) is 0 Å². The second-order valence-corrected chi connectivity index (χ2v) is 5.76. The van der Waals surface area contributed by atoms with E-state index >= 15 is 0 Å². The van der Waals surface area contributed by atoms with E-state index in [1.165, 1.54) is 12.1 Å². The number of carboxylic acids is 1. The zero-order valence-electron chi connectivity index (χ0n) is 13.5. The fourth-order valence-electron chi connectivity index (χ4n) is 2.42. The molecule has 1 atom stereocenters. The highest BCUT2D eigenvalue weighted by Gasteiger charge is 2.11. The number of carbonyl (C=O) groups is 2. The van der Waals surface area contributed by atoms with Gasteiger partial charge < -0.3 is 10.4 Å². The highest BCUT2D eigenvalue weighted by atomic mass is 19.1. The second kappa shape index (κ2) is 8.24. The monoisotopic (exact) mass is 329 g/mol. The molecule has 0 saturated carbocycles. The summed E-state index contributed by atoms with van der Waals surface area (Å²) < 4.78 is 12.9. The van der Waals surface area contributed by atoms with Gasteiger partial charge in [-0.25, -0.2) is 9.18 Å². The molecule has 5 heteroatoms. The molecule has 2 aromatic rings. The van der Waals surface area contributed by atoms with Crippen molar-refractivity contribution in [1.82, 2.24) is 5.32 Å². The van der Waals surface area contributed by atoms with E-state index in [1.807, 2.05) is 6.92 Å². The minimum absolute atomic E-state index is 0.0143. The zero-order valence-corrected chi connectivity index (χ0v) is 13.5. The van der Waals surface area contributed by atoms with Crippen LogP contribution in [0.4, 0.5) is 4.39 Å². The Labute approximate surface area is 140 Å². The molecule has 2 N–H and O–H groups in total. The average Bonchev–Trinajstić information content (AvgIpc) is 2.55. The van der Waals surface area contributed by atoms with Gasteiger partial charge in [-0.15, -0.1) is 0 Å². The van der Waals surface area contributed by atoms with Gasteiger partial charge in [-0.3, -0.25) is 4.79 Å². The Bertz CT molecular complexity index is 696. The fraction of sp³-hybridized carbons (Fsp3) is 0.263. The van der Waals surface area contributed by atoms with E-state index in [0.717, 1.165) is 11.1 Å². The van der Waals surface area contributed by atoms with Crippen molar-refractivity contribution in [3.63, 3.8) is 0 Å². The summed E-state index contributed by atoms with van der Waals surface area (Å²) in [7, 11) is 0. The molecule has 0 aromatic heterocycles. The van der Waals surface area contributed by atoms with E-state index in [9.17, 15) is 14.0 Å². The number of aromatic carboxylic acids is 1. The topological polar surface area (TPSA) is 66.4 Å². The second-order valence-electron chi connectivity index (χ2n) is 5.76. The third-order valence-electron chi connectivity index (χ3n) is 3.87. The Hall–Kier alpha value is -2.69. The Morgan fingerprint density at radius 2 is 1.71 bits per heavy atom. The first-order valence-corrected chi connectivity index (χ1v) is 7.80. The maximum atomic E-state index is 12.9. The lowest BCUT2D eigenvalue weighted by atomic mass is 9.97. The van der Waals surface area contributed by atoms with Crippen molar-refractivity contribution in [3.8, 4) is 0 Å². The first kappa shape index (κ1) is 17.7. The number of halogens is 1. The van der Waals surface area contributed by atoms with Gasteiger partial charge in [0.1, 0.15) is 5.82 Å². The van der Waals surface area contributed by atoms with Crippen molar-refractivity contribution >= 4 is 11.9 Å². The number of hydrogen-bond donors (Lipinski definition) is 2. The van der Waals surface area contributed by atoms with E-state index in [2.05, 4.69) is 5.32 Å². The number of rotatable bonds is 7. The van der Waals surface area contributed by atoms with Crippen LogP contribution in [-0.2, 0) is 11.2 Å². The molecule has 1 unspecified atom stereocenters. The van der Waals surface area contributed by atoms with Gasteiger partial charge in [0.05, 0.1) is 5.56 Å². The van der Waals surface area contributed by atoms with Gasteiger partial charge in [0, 0.05) is 13.0 Å². The predicted molar refractivity (Wildman–Crippen MR) is 89.5 cm³/mol. The minimum Gasteiger partial charge on any atom is -0.478 e.